The number of hydrogen-bond acceptors (Lipinski definition) is 3. The van der Waals surface area contributed by atoms with Crippen LogP contribution in [0.5, 0.6) is 5.75 Å². The number of halogens is 1. The van der Waals surface area contributed by atoms with Crippen LogP contribution in [0.15, 0.2) is 71.7 Å². The zero-order valence-corrected chi connectivity index (χ0v) is 16.2. The smallest absolute Gasteiger partial charge is 0.261 e. The van der Waals surface area contributed by atoms with Crippen LogP contribution in [0.1, 0.15) is 25.5 Å². The van der Waals surface area contributed by atoms with E-state index in [1.165, 1.54) is 0 Å². The van der Waals surface area contributed by atoms with E-state index in [9.17, 15) is 4.79 Å². The highest BCUT2D eigenvalue weighted by molar-refractivity contribution is 9.10. The first-order valence-electron chi connectivity index (χ1n) is 8.34. The van der Waals surface area contributed by atoms with Gasteiger partial charge in [0, 0.05) is 22.6 Å². The van der Waals surface area contributed by atoms with Gasteiger partial charge in [-0.05, 0) is 55.8 Å². The van der Waals surface area contributed by atoms with E-state index in [4.69, 9.17) is 4.74 Å². The Kier molecular flexibility index (Phi) is 5.73. The van der Waals surface area contributed by atoms with E-state index in [1.807, 2.05) is 66.2 Å². The minimum absolute atomic E-state index is 0.115. The molecule has 0 saturated heterocycles. The fourth-order valence-electron chi connectivity index (χ4n) is 2.53. The molecule has 6 heteroatoms. The molecule has 0 saturated carbocycles. The summed E-state index contributed by atoms with van der Waals surface area (Å²) in [5, 5.41) is 2.99. The predicted molar refractivity (Wildman–Crippen MR) is 104 cm³/mol. The maximum atomic E-state index is 12.4. The number of aromatic nitrogens is 2. The standard InChI is InChI=1S/C20H20BrN3O2/c1-14(16-3-7-18(8-4-16)24-12-11-22-13-24)23-20(25)15(2)26-19-9-5-17(21)6-10-19/h3-15H,1-2H3,(H,23,25). The van der Waals surface area contributed by atoms with Crippen molar-refractivity contribution in [2.45, 2.75) is 26.0 Å². The monoisotopic (exact) mass is 413 g/mol. The van der Waals surface area contributed by atoms with Crippen LogP contribution in [0.25, 0.3) is 5.69 Å². The first-order valence-corrected chi connectivity index (χ1v) is 9.13. The largest absolute Gasteiger partial charge is 0.481 e. The summed E-state index contributed by atoms with van der Waals surface area (Å²) < 4.78 is 8.59. The number of carbonyl (C=O) groups excluding carboxylic acids is 1. The summed E-state index contributed by atoms with van der Waals surface area (Å²) in [6.45, 7) is 3.70. The molecule has 2 atom stereocenters. The van der Waals surface area contributed by atoms with Gasteiger partial charge >= 0.3 is 0 Å². The molecule has 0 aliphatic carbocycles. The summed E-state index contributed by atoms with van der Waals surface area (Å²) in [5.41, 5.74) is 2.05. The Morgan fingerprint density at radius 1 is 1.12 bits per heavy atom. The van der Waals surface area contributed by atoms with Crippen LogP contribution in [0, 0.1) is 0 Å². The van der Waals surface area contributed by atoms with Gasteiger partial charge in [-0.3, -0.25) is 4.79 Å². The van der Waals surface area contributed by atoms with Crippen LogP contribution in [-0.4, -0.2) is 21.6 Å². The van der Waals surface area contributed by atoms with Gasteiger partial charge in [-0.2, -0.15) is 0 Å². The van der Waals surface area contributed by atoms with Crippen LogP contribution < -0.4 is 10.1 Å². The Morgan fingerprint density at radius 2 is 1.81 bits per heavy atom. The zero-order valence-electron chi connectivity index (χ0n) is 14.6. The van der Waals surface area contributed by atoms with Crippen molar-refractivity contribution in [2.75, 3.05) is 0 Å². The maximum absolute atomic E-state index is 12.4. The molecule has 1 aromatic heterocycles. The molecule has 5 nitrogen and oxygen atoms in total. The quantitative estimate of drug-likeness (QED) is 0.655. The molecule has 0 spiro atoms. The summed E-state index contributed by atoms with van der Waals surface area (Å²) >= 11 is 3.38. The van der Waals surface area contributed by atoms with Crippen LogP contribution in [0.4, 0.5) is 0 Å². The lowest BCUT2D eigenvalue weighted by atomic mass is 10.1. The molecular formula is C20H20BrN3O2. The Balaban J connectivity index is 1.58. The minimum Gasteiger partial charge on any atom is -0.481 e. The molecule has 0 aliphatic rings. The van der Waals surface area contributed by atoms with Gasteiger partial charge in [-0.15, -0.1) is 0 Å². The molecule has 0 fully saturated rings. The SMILES string of the molecule is CC(Oc1ccc(Br)cc1)C(=O)NC(C)c1ccc(-n2ccnc2)cc1. The number of rotatable bonds is 6. The molecular weight excluding hydrogens is 394 g/mol. The van der Waals surface area contributed by atoms with Gasteiger partial charge in [0.2, 0.25) is 0 Å². The van der Waals surface area contributed by atoms with Gasteiger partial charge < -0.3 is 14.6 Å². The predicted octanol–water partition coefficient (Wildman–Crippen LogP) is 4.28. The fourth-order valence-corrected chi connectivity index (χ4v) is 2.80. The van der Waals surface area contributed by atoms with E-state index in [2.05, 4.69) is 26.2 Å². The average molecular weight is 414 g/mol. The maximum Gasteiger partial charge on any atom is 0.261 e. The molecule has 1 amide bonds. The summed E-state index contributed by atoms with van der Waals surface area (Å²) in [6, 6.07) is 15.3. The molecule has 2 unspecified atom stereocenters. The second kappa shape index (κ2) is 8.19. The average Bonchev–Trinajstić information content (AvgIpc) is 3.18. The van der Waals surface area contributed by atoms with E-state index in [0.29, 0.717) is 5.75 Å². The molecule has 0 aliphatic heterocycles. The fraction of sp³-hybridized carbons (Fsp3) is 0.200. The Labute approximate surface area is 161 Å². The summed E-state index contributed by atoms with van der Waals surface area (Å²) in [7, 11) is 0. The molecule has 0 radical (unpaired) electrons. The minimum atomic E-state index is -0.580. The molecule has 1 heterocycles. The molecule has 2 aromatic carbocycles. The van der Waals surface area contributed by atoms with Gasteiger partial charge in [0.1, 0.15) is 5.75 Å². The lowest BCUT2D eigenvalue weighted by molar-refractivity contribution is -0.127. The Hall–Kier alpha value is -2.60. The molecule has 0 bridgehead atoms. The van der Waals surface area contributed by atoms with Crippen molar-refractivity contribution in [1.82, 2.24) is 14.9 Å². The number of benzene rings is 2. The van der Waals surface area contributed by atoms with E-state index < -0.39 is 6.10 Å². The van der Waals surface area contributed by atoms with Gasteiger partial charge in [0.15, 0.2) is 6.10 Å². The highest BCUT2D eigenvalue weighted by Gasteiger charge is 2.17. The van der Waals surface area contributed by atoms with Crippen molar-refractivity contribution in [3.8, 4) is 11.4 Å². The topological polar surface area (TPSA) is 56.1 Å². The van der Waals surface area contributed by atoms with Gasteiger partial charge in [-0.25, -0.2) is 4.98 Å². The van der Waals surface area contributed by atoms with E-state index in [-0.39, 0.29) is 11.9 Å². The highest BCUT2D eigenvalue weighted by atomic mass is 79.9. The Morgan fingerprint density at radius 3 is 2.42 bits per heavy atom. The van der Waals surface area contributed by atoms with Gasteiger partial charge in [0.05, 0.1) is 12.4 Å². The van der Waals surface area contributed by atoms with Gasteiger partial charge in [0.25, 0.3) is 5.91 Å². The second-order valence-corrected chi connectivity index (χ2v) is 6.92. The van der Waals surface area contributed by atoms with Crippen molar-refractivity contribution >= 4 is 21.8 Å². The second-order valence-electron chi connectivity index (χ2n) is 6.01. The van der Waals surface area contributed by atoms with E-state index in [0.717, 1.165) is 15.7 Å². The zero-order chi connectivity index (χ0) is 18.5. The number of ether oxygens (including phenoxy) is 1. The van der Waals surface area contributed by atoms with Crippen LogP contribution >= 0.6 is 15.9 Å². The van der Waals surface area contributed by atoms with Crippen LogP contribution in [-0.2, 0) is 4.79 Å². The lowest BCUT2D eigenvalue weighted by Crippen LogP contribution is -2.37. The van der Waals surface area contributed by atoms with E-state index in [1.54, 1.807) is 19.4 Å². The van der Waals surface area contributed by atoms with Crippen molar-refractivity contribution in [1.29, 1.82) is 0 Å². The van der Waals surface area contributed by atoms with Crippen LogP contribution in [0.3, 0.4) is 0 Å². The number of carbonyl (C=O) groups is 1. The van der Waals surface area contributed by atoms with Crippen molar-refractivity contribution in [2.24, 2.45) is 0 Å². The summed E-state index contributed by atoms with van der Waals surface area (Å²) in [4.78, 5) is 16.4. The van der Waals surface area contributed by atoms with Gasteiger partial charge in [-0.1, -0.05) is 28.1 Å². The third-order valence-corrected chi connectivity index (χ3v) is 4.58. The van der Waals surface area contributed by atoms with Crippen molar-refractivity contribution in [3.63, 3.8) is 0 Å². The summed E-state index contributed by atoms with van der Waals surface area (Å²) in [5.74, 6) is 0.507. The van der Waals surface area contributed by atoms with Crippen molar-refractivity contribution in [3.05, 3.63) is 77.3 Å². The van der Waals surface area contributed by atoms with Crippen LogP contribution in [0.2, 0.25) is 0 Å². The number of nitrogens with zero attached hydrogens (tertiary/aromatic N) is 2. The Bertz CT molecular complexity index is 846. The molecule has 3 rings (SSSR count). The third-order valence-electron chi connectivity index (χ3n) is 4.05. The van der Waals surface area contributed by atoms with E-state index >= 15 is 0 Å². The lowest BCUT2D eigenvalue weighted by Gasteiger charge is -2.19. The summed E-state index contributed by atoms with van der Waals surface area (Å²) in [6.07, 6.45) is 4.80. The number of hydrogen-bond donors (Lipinski definition) is 1. The first kappa shape index (κ1) is 18.2. The normalized spacial score (nSPS) is 13.0. The molecule has 134 valence electrons. The molecule has 26 heavy (non-hydrogen) atoms. The molecule has 3 aromatic rings. The first-order chi connectivity index (χ1) is 12.5. The number of nitrogens with one attached hydrogen (secondary N) is 1. The van der Waals surface area contributed by atoms with Crippen molar-refractivity contribution < 1.29 is 9.53 Å². The highest BCUT2D eigenvalue weighted by Crippen LogP contribution is 2.19. The third kappa shape index (κ3) is 4.52. The number of imidazole rings is 1. The number of amides is 1. The molecule has 1 N–H and O–H groups in total.